The van der Waals surface area contributed by atoms with Crippen LogP contribution < -0.4 is 5.32 Å². The zero-order valence-electron chi connectivity index (χ0n) is 12.2. The predicted molar refractivity (Wildman–Crippen MR) is 81.8 cm³/mol. The first-order valence-electron chi connectivity index (χ1n) is 6.82. The summed E-state index contributed by atoms with van der Waals surface area (Å²) in [6.45, 7) is 6.92. The number of hydrogen-bond acceptors (Lipinski definition) is 3. The zero-order chi connectivity index (χ0) is 14.6. The maximum Gasteiger partial charge on any atom is 0.141 e. The van der Waals surface area contributed by atoms with E-state index in [4.69, 9.17) is 11.6 Å². The predicted octanol–water partition coefficient (Wildman–Crippen LogP) is 3.10. The van der Waals surface area contributed by atoms with Gasteiger partial charge < -0.3 is 0 Å². The molecule has 1 aromatic heterocycles. The highest BCUT2D eigenvalue weighted by Crippen LogP contribution is 2.22. The molecule has 0 saturated heterocycles. The lowest BCUT2D eigenvalue weighted by Crippen LogP contribution is -2.41. The molecule has 1 aromatic carbocycles. The Hall–Kier alpha value is -1.39. The molecule has 4 nitrogen and oxygen atoms in total. The standard InChI is InChI=1S/C15H21ClN4/c1-12(2)20-14(17-11-19-20)9-18-15(3,10-16)13-7-5-4-6-8-13/h4-8,11-12,18H,9-10H2,1-3H3. The van der Waals surface area contributed by atoms with Crippen molar-refractivity contribution in [1.29, 1.82) is 0 Å². The monoisotopic (exact) mass is 292 g/mol. The number of alkyl halides is 1. The van der Waals surface area contributed by atoms with Crippen LogP contribution in [-0.4, -0.2) is 20.6 Å². The molecule has 2 aromatic rings. The third-order valence-electron chi connectivity index (χ3n) is 3.45. The van der Waals surface area contributed by atoms with Gasteiger partial charge in [0.25, 0.3) is 0 Å². The highest BCUT2D eigenvalue weighted by molar-refractivity contribution is 6.18. The Morgan fingerprint density at radius 3 is 2.60 bits per heavy atom. The Labute approximate surface area is 125 Å². The fourth-order valence-corrected chi connectivity index (χ4v) is 2.39. The van der Waals surface area contributed by atoms with Crippen molar-refractivity contribution in [3.05, 3.63) is 48.0 Å². The van der Waals surface area contributed by atoms with E-state index in [1.807, 2.05) is 22.9 Å². The van der Waals surface area contributed by atoms with Crippen molar-refractivity contribution in [1.82, 2.24) is 20.1 Å². The molecule has 5 heteroatoms. The molecule has 0 radical (unpaired) electrons. The molecule has 0 spiro atoms. The molecule has 0 amide bonds. The summed E-state index contributed by atoms with van der Waals surface area (Å²) in [4.78, 5) is 4.31. The first-order chi connectivity index (χ1) is 9.57. The van der Waals surface area contributed by atoms with Crippen LogP contribution in [0.4, 0.5) is 0 Å². The number of halogens is 1. The van der Waals surface area contributed by atoms with E-state index in [1.165, 1.54) is 5.56 Å². The van der Waals surface area contributed by atoms with Crippen molar-refractivity contribution in [3.63, 3.8) is 0 Å². The molecule has 0 bridgehead atoms. The molecule has 0 fully saturated rings. The molecular formula is C15H21ClN4. The molecule has 0 aliphatic heterocycles. The lowest BCUT2D eigenvalue weighted by Gasteiger charge is -2.29. The number of hydrogen-bond donors (Lipinski definition) is 1. The molecule has 1 heterocycles. The maximum atomic E-state index is 6.18. The van der Waals surface area contributed by atoms with Gasteiger partial charge in [-0.1, -0.05) is 30.3 Å². The minimum absolute atomic E-state index is 0.281. The van der Waals surface area contributed by atoms with Crippen LogP contribution in [0.25, 0.3) is 0 Å². The summed E-state index contributed by atoms with van der Waals surface area (Å²) in [6.07, 6.45) is 1.59. The molecule has 0 saturated carbocycles. The van der Waals surface area contributed by atoms with Crippen LogP contribution in [0, 0.1) is 0 Å². The van der Waals surface area contributed by atoms with Gasteiger partial charge in [0.2, 0.25) is 0 Å². The van der Waals surface area contributed by atoms with Crippen LogP contribution in [0.2, 0.25) is 0 Å². The van der Waals surface area contributed by atoms with Crippen LogP contribution in [0.1, 0.15) is 38.2 Å². The van der Waals surface area contributed by atoms with Crippen LogP contribution in [0.5, 0.6) is 0 Å². The molecule has 1 unspecified atom stereocenters. The Balaban J connectivity index is 2.13. The maximum absolute atomic E-state index is 6.18. The summed E-state index contributed by atoms with van der Waals surface area (Å²) in [6, 6.07) is 10.5. The van der Waals surface area contributed by atoms with Crippen molar-refractivity contribution < 1.29 is 0 Å². The van der Waals surface area contributed by atoms with Crippen molar-refractivity contribution in [3.8, 4) is 0 Å². The van der Waals surface area contributed by atoms with Gasteiger partial charge in [0.15, 0.2) is 0 Å². The van der Waals surface area contributed by atoms with Gasteiger partial charge in [0.1, 0.15) is 12.2 Å². The summed E-state index contributed by atoms with van der Waals surface area (Å²) in [5.41, 5.74) is 0.891. The van der Waals surface area contributed by atoms with E-state index >= 15 is 0 Å². The van der Waals surface area contributed by atoms with Crippen molar-refractivity contribution in [2.75, 3.05) is 5.88 Å². The van der Waals surface area contributed by atoms with Crippen molar-refractivity contribution in [2.45, 2.75) is 38.9 Å². The van der Waals surface area contributed by atoms with Crippen LogP contribution in [0.15, 0.2) is 36.7 Å². The van der Waals surface area contributed by atoms with Crippen molar-refractivity contribution in [2.24, 2.45) is 0 Å². The van der Waals surface area contributed by atoms with E-state index in [9.17, 15) is 0 Å². The zero-order valence-corrected chi connectivity index (χ0v) is 12.9. The quantitative estimate of drug-likeness (QED) is 0.832. The Morgan fingerprint density at radius 1 is 1.30 bits per heavy atom. The van der Waals surface area contributed by atoms with E-state index in [0.717, 1.165) is 5.82 Å². The number of rotatable bonds is 6. The minimum Gasteiger partial charge on any atom is -0.299 e. The molecule has 2 rings (SSSR count). The second kappa shape index (κ2) is 6.37. The molecule has 1 N–H and O–H groups in total. The largest absolute Gasteiger partial charge is 0.299 e. The van der Waals surface area contributed by atoms with Gasteiger partial charge in [-0.05, 0) is 26.3 Å². The van der Waals surface area contributed by atoms with E-state index in [1.54, 1.807) is 6.33 Å². The second-order valence-corrected chi connectivity index (χ2v) is 5.67. The number of nitrogens with one attached hydrogen (secondary N) is 1. The smallest absolute Gasteiger partial charge is 0.141 e. The van der Waals surface area contributed by atoms with Gasteiger partial charge in [-0.2, -0.15) is 5.10 Å². The molecule has 108 valence electrons. The lowest BCUT2D eigenvalue weighted by atomic mass is 9.94. The van der Waals surface area contributed by atoms with Gasteiger partial charge >= 0.3 is 0 Å². The minimum atomic E-state index is -0.281. The van der Waals surface area contributed by atoms with E-state index in [0.29, 0.717) is 18.5 Å². The van der Waals surface area contributed by atoms with Gasteiger partial charge in [0, 0.05) is 11.9 Å². The highest BCUT2D eigenvalue weighted by atomic mass is 35.5. The van der Waals surface area contributed by atoms with Gasteiger partial charge in [-0.25, -0.2) is 9.67 Å². The molecule has 0 aliphatic rings. The second-order valence-electron chi connectivity index (χ2n) is 5.40. The number of nitrogens with zero attached hydrogens (tertiary/aromatic N) is 3. The normalized spacial score (nSPS) is 14.4. The highest BCUT2D eigenvalue weighted by Gasteiger charge is 2.25. The summed E-state index contributed by atoms with van der Waals surface area (Å²) < 4.78 is 1.92. The van der Waals surface area contributed by atoms with E-state index in [-0.39, 0.29) is 5.54 Å². The summed E-state index contributed by atoms with van der Waals surface area (Å²) in [5, 5.41) is 7.75. The van der Waals surface area contributed by atoms with Crippen molar-refractivity contribution >= 4 is 11.6 Å². The fraction of sp³-hybridized carbons (Fsp3) is 0.467. The molecule has 1 atom stereocenters. The van der Waals surface area contributed by atoms with E-state index in [2.05, 4.69) is 48.3 Å². The first kappa shape index (κ1) is 15.0. The van der Waals surface area contributed by atoms with Crippen LogP contribution >= 0.6 is 11.6 Å². The summed E-state index contributed by atoms with van der Waals surface area (Å²) in [7, 11) is 0. The van der Waals surface area contributed by atoms with Gasteiger partial charge in [-0.15, -0.1) is 11.6 Å². The third-order valence-corrected chi connectivity index (χ3v) is 3.99. The number of aromatic nitrogens is 3. The van der Waals surface area contributed by atoms with Crippen LogP contribution in [0.3, 0.4) is 0 Å². The average molecular weight is 293 g/mol. The Morgan fingerprint density at radius 2 is 2.00 bits per heavy atom. The molecular weight excluding hydrogens is 272 g/mol. The van der Waals surface area contributed by atoms with Gasteiger partial charge in [-0.3, -0.25) is 5.32 Å². The Kier molecular flexibility index (Phi) is 4.78. The van der Waals surface area contributed by atoms with Crippen LogP contribution in [-0.2, 0) is 12.1 Å². The summed E-state index contributed by atoms with van der Waals surface area (Å²) >= 11 is 6.18. The first-order valence-corrected chi connectivity index (χ1v) is 7.35. The Bertz CT molecular complexity index is 538. The topological polar surface area (TPSA) is 42.7 Å². The molecule has 20 heavy (non-hydrogen) atoms. The average Bonchev–Trinajstić information content (AvgIpc) is 2.94. The fourth-order valence-electron chi connectivity index (χ4n) is 2.14. The number of benzene rings is 1. The summed E-state index contributed by atoms with van der Waals surface area (Å²) in [5.74, 6) is 1.42. The third kappa shape index (κ3) is 3.19. The van der Waals surface area contributed by atoms with E-state index < -0.39 is 0 Å². The molecule has 0 aliphatic carbocycles. The lowest BCUT2D eigenvalue weighted by molar-refractivity contribution is 0.386. The van der Waals surface area contributed by atoms with Gasteiger partial charge in [0.05, 0.1) is 12.1 Å². The SMILES string of the molecule is CC(C)n1ncnc1CNC(C)(CCl)c1ccccc1.